The van der Waals surface area contributed by atoms with Crippen molar-refractivity contribution in [2.24, 2.45) is 0 Å². The van der Waals surface area contributed by atoms with Crippen LogP contribution in [0.3, 0.4) is 0 Å². The first-order chi connectivity index (χ1) is 13.7. The fourth-order valence-electron chi connectivity index (χ4n) is 2.97. The van der Waals surface area contributed by atoms with Crippen LogP contribution in [-0.2, 0) is 13.2 Å². The van der Waals surface area contributed by atoms with Crippen LogP contribution in [-0.4, -0.2) is 11.7 Å². The summed E-state index contributed by atoms with van der Waals surface area (Å²) in [5.41, 5.74) is 2.72. The van der Waals surface area contributed by atoms with Gasteiger partial charge >= 0.3 is 0 Å². The normalized spacial score (nSPS) is 12.0. The van der Waals surface area contributed by atoms with E-state index in [0.717, 1.165) is 15.6 Å². The van der Waals surface area contributed by atoms with Crippen molar-refractivity contribution in [3.63, 3.8) is 0 Å². The molecular weight excluding hydrogens is 421 g/mol. The molecule has 3 rings (SSSR count). The van der Waals surface area contributed by atoms with E-state index in [1.165, 1.54) is 6.07 Å². The van der Waals surface area contributed by atoms with E-state index in [-0.39, 0.29) is 25.1 Å². The fraction of sp³-hybridized carbons (Fsp3) is 0.217. The molecule has 0 radical (unpaired) electrons. The van der Waals surface area contributed by atoms with Crippen molar-refractivity contribution in [2.45, 2.75) is 25.6 Å². The molecule has 0 heterocycles. The van der Waals surface area contributed by atoms with Gasteiger partial charge in [-0.1, -0.05) is 58.4 Å². The quantitative estimate of drug-likeness (QED) is 0.466. The van der Waals surface area contributed by atoms with E-state index >= 15 is 0 Å². The minimum absolute atomic E-state index is 0.0566. The lowest BCUT2D eigenvalue weighted by molar-refractivity contribution is 0.265. The Labute approximate surface area is 173 Å². The van der Waals surface area contributed by atoms with Gasteiger partial charge in [-0.2, -0.15) is 0 Å². The number of hydrogen-bond donors (Lipinski definition) is 2. The average Bonchev–Trinajstić information content (AvgIpc) is 2.71. The van der Waals surface area contributed by atoms with Crippen molar-refractivity contribution in [3.05, 3.63) is 99.8 Å². The van der Waals surface area contributed by atoms with E-state index in [4.69, 9.17) is 4.74 Å². The van der Waals surface area contributed by atoms with Crippen molar-refractivity contribution in [3.8, 4) is 5.75 Å². The number of aliphatic hydroxyl groups excluding tert-OH is 1. The van der Waals surface area contributed by atoms with Crippen molar-refractivity contribution in [1.82, 2.24) is 5.32 Å². The molecule has 0 saturated carbocycles. The first kappa shape index (κ1) is 20.5. The van der Waals surface area contributed by atoms with Crippen molar-refractivity contribution < 1.29 is 14.2 Å². The Morgan fingerprint density at radius 2 is 1.79 bits per heavy atom. The van der Waals surface area contributed by atoms with Gasteiger partial charge in [-0.3, -0.25) is 0 Å². The molecule has 0 bridgehead atoms. The van der Waals surface area contributed by atoms with Crippen LogP contribution in [0.2, 0.25) is 0 Å². The van der Waals surface area contributed by atoms with Gasteiger partial charge in [0.15, 0.2) is 0 Å². The number of halogens is 2. The summed E-state index contributed by atoms with van der Waals surface area (Å²) in [6.07, 6.45) is 0.630. The van der Waals surface area contributed by atoms with Crippen LogP contribution in [0.15, 0.2) is 77.3 Å². The van der Waals surface area contributed by atoms with Gasteiger partial charge in [-0.15, -0.1) is 0 Å². The molecule has 1 atom stereocenters. The maximum absolute atomic E-state index is 13.7. The standard InChI is InChI=1S/C23H23BrFNO2/c24-20-10-8-18(9-11-20)23(12-13-27)26-15-17-4-3-6-21(14-17)28-16-19-5-1-2-7-22(19)25/h1-11,14,23,26-27H,12-13,15-16H2. The first-order valence-electron chi connectivity index (χ1n) is 9.20. The van der Waals surface area contributed by atoms with Gasteiger partial charge in [0.25, 0.3) is 0 Å². The molecule has 2 N–H and O–H groups in total. The SMILES string of the molecule is OCCC(NCc1cccc(OCc2ccccc2F)c1)c1ccc(Br)cc1. The number of nitrogens with one attached hydrogen (secondary N) is 1. The predicted octanol–water partition coefficient (Wildman–Crippen LogP) is 5.38. The minimum atomic E-state index is -0.262. The number of benzene rings is 3. The highest BCUT2D eigenvalue weighted by atomic mass is 79.9. The van der Waals surface area contributed by atoms with Gasteiger partial charge in [0.05, 0.1) is 0 Å². The van der Waals surface area contributed by atoms with Gasteiger partial charge in [-0.25, -0.2) is 4.39 Å². The van der Waals surface area contributed by atoms with E-state index in [2.05, 4.69) is 21.2 Å². The van der Waals surface area contributed by atoms with Crippen LogP contribution >= 0.6 is 15.9 Å². The largest absolute Gasteiger partial charge is 0.489 e. The molecule has 28 heavy (non-hydrogen) atoms. The van der Waals surface area contributed by atoms with Crippen LogP contribution in [0.25, 0.3) is 0 Å². The summed E-state index contributed by atoms with van der Waals surface area (Å²) in [6.45, 7) is 0.937. The second-order valence-corrected chi connectivity index (χ2v) is 7.44. The molecule has 0 amide bonds. The Balaban J connectivity index is 1.61. The zero-order valence-electron chi connectivity index (χ0n) is 15.4. The van der Waals surface area contributed by atoms with Crippen LogP contribution < -0.4 is 10.1 Å². The van der Waals surface area contributed by atoms with Crippen LogP contribution in [0, 0.1) is 5.82 Å². The zero-order valence-corrected chi connectivity index (χ0v) is 17.0. The third-order valence-corrected chi connectivity index (χ3v) is 5.02. The predicted molar refractivity (Wildman–Crippen MR) is 113 cm³/mol. The third kappa shape index (κ3) is 5.89. The molecule has 0 aliphatic heterocycles. The molecule has 3 aromatic rings. The minimum Gasteiger partial charge on any atom is -0.489 e. The van der Waals surface area contributed by atoms with Crippen LogP contribution in [0.4, 0.5) is 4.39 Å². The number of hydrogen-bond acceptors (Lipinski definition) is 3. The van der Waals surface area contributed by atoms with Crippen molar-refractivity contribution >= 4 is 15.9 Å². The molecule has 0 spiro atoms. The maximum atomic E-state index is 13.7. The molecule has 5 heteroatoms. The Morgan fingerprint density at radius 1 is 1.00 bits per heavy atom. The smallest absolute Gasteiger partial charge is 0.129 e. The van der Waals surface area contributed by atoms with Crippen LogP contribution in [0.5, 0.6) is 5.75 Å². The highest BCUT2D eigenvalue weighted by molar-refractivity contribution is 9.10. The summed E-state index contributed by atoms with van der Waals surface area (Å²) in [5, 5.41) is 12.9. The van der Waals surface area contributed by atoms with E-state index in [0.29, 0.717) is 24.3 Å². The highest BCUT2D eigenvalue weighted by Crippen LogP contribution is 2.21. The Bertz CT molecular complexity index is 886. The summed E-state index contributed by atoms with van der Waals surface area (Å²) in [6, 6.07) is 22.5. The summed E-state index contributed by atoms with van der Waals surface area (Å²) in [7, 11) is 0. The van der Waals surface area contributed by atoms with E-state index < -0.39 is 0 Å². The Kier molecular flexibility index (Phi) is 7.60. The highest BCUT2D eigenvalue weighted by Gasteiger charge is 2.11. The molecular formula is C23H23BrFNO2. The second-order valence-electron chi connectivity index (χ2n) is 6.52. The summed E-state index contributed by atoms with van der Waals surface area (Å²) >= 11 is 3.45. The molecule has 0 aliphatic rings. The van der Waals surface area contributed by atoms with E-state index in [1.807, 2.05) is 48.5 Å². The van der Waals surface area contributed by atoms with Crippen molar-refractivity contribution in [2.75, 3.05) is 6.61 Å². The third-order valence-electron chi connectivity index (χ3n) is 4.49. The van der Waals surface area contributed by atoms with E-state index in [1.54, 1.807) is 18.2 Å². The van der Waals surface area contributed by atoms with Gasteiger partial charge < -0.3 is 15.2 Å². The lowest BCUT2D eigenvalue weighted by Gasteiger charge is -2.19. The number of rotatable bonds is 9. The van der Waals surface area contributed by atoms with Gasteiger partial charge in [-0.05, 0) is 47.9 Å². The summed E-state index contributed by atoms with van der Waals surface area (Å²) in [4.78, 5) is 0. The molecule has 0 aliphatic carbocycles. The maximum Gasteiger partial charge on any atom is 0.129 e. The Morgan fingerprint density at radius 3 is 2.54 bits per heavy atom. The fourth-order valence-corrected chi connectivity index (χ4v) is 3.24. The summed E-state index contributed by atoms with van der Waals surface area (Å²) < 4.78 is 20.5. The molecule has 1 unspecified atom stereocenters. The number of aliphatic hydroxyl groups is 1. The molecule has 3 nitrogen and oxygen atoms in total. The van der Waals surface area contributed by atoms with Gasteiger partial charge in [0.2, 0.25) is 0 Å². The lowest BCUT2D eigenvalue weighted by Crippen LogP contribution is -2.22. The van der Waals surface area contributed by atoms with Crippen molar-refractivity contribution in [1.29, 1.82) is 0 Å². The molecule has 3 aromatic carbocycles. The van der Waals surface area contributed by atoms with Crippen LogP contribution in [0.1, 0.15) is 29.2 Å². The number of ether oxygens (including phenoxy) is 1. The summed E-state index contributed by atoms with van der Waals surface area (Å²) in [5.74, 6) is 0.437. The molecule has 0 aromatic heterocycles. The lowest BCUT2D eigenvalue weighted by atomic mass is 10.0. The van der Waals surface area contributed by atoms with E-state index in [9.17, 15) is 9.50 Å². The average molecular weight is 444 g/mol. The second kappa shape index (κ2) is 10.4. The molecule has 146 valence electrons. The molecule has 0 fully saturated rings. The monoisotopic (exact) mass is 443 g/mol. The van der Waals surface area contributed by atoms with Gasteiger partial charge in [0, 0.05) is 29.2 Å². The topological polar surface area (TPSA) is 41.5 Å². The Hall–Kier alpha value is -2.21. The van der Waals surface area contributed by atoms with Gasteiger partial charge in [0.1, 0.15) is 18.2 Å². The molecule has 0 saturated heterocycles. The first-order valence-corrected chi connectivity index (χ1v) is 10.00. The zero-order chi connectivity index (χ0) is 19.8.